The fourth-order valence-electron chi connectivity index (χ4n) is 2.31. The Morgan fingerprint density at radius 3 is 2.88 bits per heavy atom. The molecule has 0 radical (unpaired) electrons. The smallest absolute Gasteiger partial charge is 0.309 e. The van der Waals surface area contributed by atoms with Crippen molar-refractivity contribution in [3.63, 3.8) is 0 Å². The summed E-state index contributed by atoms with van der Waals surface area (Å²) in [6.45, 7) is 5.12. The number of allylic oxidation sites excluding steroid dienone is 1. The second-order valence-electron chi connectivity index (χ2n) is 4.38. The van der Waals surface area contributed by atoms with E-state index in [0.29, 0.717) is 6.61 Å². The summed E-state index contributed by atoms with van der Waals surface area (Å²) in [4.78, 5) is 13.9. The van der Waals surface area contributed by atoms with Crippen LogP contribution in [0.2, 0.25) is 0 Å². The molecule has 2 aliphatic rings. The Hall–Kier alpha value is -1.45. The number of carbonyl (C=O) groups excluding carboxylic acids is 1. The van der Waals surface area contributed by atoms with Crippen LogP contribution in [0.1, 0.15) is 19.8 Å². The van der Waals surface area contributed by atoms with Gasteiger partial charge in [-0.1, -0.05) is 0 Å². The number of piperidine rings is 1. The van der Waals surface area contributed by atoms with Gasteiger partial charge in [-0.15, -0.1) is 0 Å². The SMILES string of the molecule is CCOC(=O)C1CCN(C2=CCNC=C2)CC1. The van der Waals surface area contributed by atoms with E-state index in [4.69, 9.17) is 4.74 Å². The van der Waals surface area contributed by atoms with Crippen molar-refractivity contribution in [2.45, 2.75) is 19.8 Å². The lowest BCUT2D eigenvalue weighted by atomic mass is 9.96. The molecule has 0 amide bonds. The third-order valence-electron chi connectivity index (χ3n) is 3.28. The molecule has 0 spiro atoms. The highest BCUT2D eigenvalue weighted by atomic mass is 16.5. The second kappa shape index (κ2) is 5.75. The first-order valence-electron chi connectivity index (χ1n) is 6.33. The number of nitrogens with one attached hydrogen (secondary N) is 1. The number of ether oxygens (including phenoxy) is 1. The molecular weight excluding hydrogens is 216 g/mol. The lowest BCUT2D eigenvalue weighted by molar-refractivity contribution is -0.149. The molecule has 0 aliphatic carbocycles. The predicted molar refractivity (Wildman–Crippen MR) is 66.2 cm³/mol. The number of dihydropyridines is 1. The van der Waals surface area contributed by atoms with Crippen LogP contribution in [0.5, 0.6) is 0 Å². The summed E-state index contributed by atoms with van der Waals surface area (Å²) in [5.74, 6) is 0.0690. The monoisotopic (exact) mass is 236 g/mol. The first kappa shape index (κ1) is 12.0. The maximum absolute atomic E-state index is 11.6. The second-order valence-corrected chi connectivity index (χ2v) is 4.38. The van der Waals surface area contributed by atoms with Crippen molar-refractivity contribution in [3.05, 3.63) is 24.0 Å². The third kappa shape index (κ3) is 3.02. The van der Waals surface area contributed by atoms with Gasteiger partial charge in [0, 0.05) is 25.3 Å². The molecule has 0 saturated carbocycles. The molecule has 0 bridgehead atoms. The molecule has 0 atom stereocenters. The largest absolute Gasteiger partial charge is 0.466 e. The van der Waals surface area contributed by atoms with E-state index in [9.17, 15) is 4.79 Å². The van der Waals surface area contributed by atoms with E-state index in [1.165, 1.54) is 5.70 Å². The van der Waals surface area contributed by atoms with Crippen molar-refractivity contribution in [3.8, 4) is 0 Å². The molecule has 2 aliphatic heterocycles. The molecule has 0 aromatic rings. The standard InChI is InChI=1S/C13H20N2O2/c1-2-17-13(16)11-5-9-15(10-6-11)12-3-7-14-8-4-12/h3-4,7,11,14H,2,5-6,8-10H2,1H3. The zero-order chi connectivity index (χ0) is 12.1. The van der Waals surface area contributed by atoms with Gasteiger partial charge in [-0.2, -0.15) is 0 Å². The van der Waals surface area contributed by atoms with Crippen molar-refractivity contribution in [1.82, 2.24) is 10.2 Å². The Morgan fingerprint density at radius 2 is 2.29 bits per heavy atom. The molecule has 2 rings (SSSR count). The molecular formula is C13H20N2O2. The van der Waals surface area contributed by atoms with Gasteiger partial charge in [0.2, 0.25) is 0 Å². The summed E-state index contributed by atoms with van der Waals surface area (Å²) in [6.07, 6.45) is 8.06. The molecule has 0 unspecified atom stereocenters. The number of esters is 1. The molecule has 2 heterocycles. The summed E-state index contributed by atoms with van der Waals surface area (Å²) in [5.41, 5.74) is 1.27. The van der Waals surface area contributed by atoms with Gasteiger partial charge in [0.25, 0.3) is 0 Å². The van der Waals surface area contributed by atoms with Crippen molar-refractivity contribution >= 4 is 5.97 Å². The number of hydrogen-bond donors (Lipinski definition) is 1. The summed E-state index contributed by atoms with van der Waals surface area (Å²) in [5, 5.41) is 3.14. The van der Waals surface area contributed by atoms with E-state index >= 15 is 0 Å². The van der Waals surface area contributed by atoms with Gasteiger partial charge >= 0.3 is 5.97 Å². The van der Waals surface area contributed by atoms with Crippen LogP contribution < -0.4 is 5.32 Å². The minimum absolute atomic E-state index is 0.0259. The van der Waals surface area contributed by atoms with Crippen LogP contribution in [-0.2, 0) is 9.53 Å². The zero-order valence-corrected chi connectivity index (χ0v) is 10.3. The zero-order valence-electron chi connectivity index (χ0n) is 10.3. The minimum Gasteiger partial charge on any atom is -0.466 e. The number of likely N-dealkylation sites (tertiary alicyclic amines) is 1. The fourth-order valence-corrected chi connectivity index (χ4v) is 2.31. The van der Waals surface area contributed by atoms with Gasteiger partial charge in [-0.25, -0.2) is 0 Å². The molecule has 1 fully saturated rings. The number of hydrogen-bond acceptors (Lipinski definition) is 4. The van der Waals surface area contributed by atoms with Crippen molar-refractivity contribution in [2.24, 2.45) is 5.92 Å². The van der Waals surface area contributed by atoms with Crippen molar-refractivity contribution in [2.75, 3.05) is 26.2 Å². The topological polar surface area (TPSA) is 41.6 Å². The van der Waals surface area contributed by atoms with E-state index < -0.39 is 0 Å². The third-order valence-corrected chi connectivity index (χ3v) is 3.28. The molecule has 4 nitrogen and oxygen atoms in total. The average molecular weight is 236 g/mol. The molecule has 1 saturated heterocycles. The quantitative estimate of drug-likeness (QED) is 0.749. The summed E-state index contributed by atoms with van der Waals surface area (Å²) >= 11 is 0. The van der Waals surface area contributed by atoms with Gasteiger partial charge in [0.1, 0.15) is 0 Å². The van der Waals surface area contributed by atoms with Crippen LogP contribution in [0.15, 0.2) is 24.0 Å². The van der Waals surface area contributed by atoms with Crippen molar-refractivity contribution < 1.29 is 9.53 Å². The van der Waals surface area contributed by atoms with Gasteiger partial charge in [-0.3, -0.25) is 4.79 Å². The van der Waals surface area contributed by atoms with Crippen molar-refractivity contribution in [1.29, 1.82) is 0 Å². The number of nitrogens with zero attached hydrogens (tertiary/aromatic N) is 1. The molecule has 94 valence electrons. The Bertz CT molecular complexity index is 328. The van der Waals surface area contributed by atoms with Crippen LogP contribution >= 0.6 is 0 Å². The highest BCUT2D eigenvalue weighted by molar-refractivity contribution is 5.72. The summed E-state index contributed by atoms with van der Waals surface area (Å²) in [6, 6.07) is 0. The average Bonchev–Trinajstić information content (AvgIpc) is 2.40. The van der Waals surface area contributed by atoms with Crippen LogP contribution in [0.4, 0.5) is 0 Å². The molecule has 1 N–H and O–H groups in total. The predicted octanol–water partition coefficient (Wildman–Crippen LogP) is 1.26. The van der Waals surface area contributed by atoms with Gasteiger partial charge in [0.05, 0.1) is 12.5 Å². The summed E-state index contributed by atoms with van der Waals surface area (Å²) < 4.78 is 5.07. The van der Waals surface area contributed by atoms with E-state index in [1.807, 2.05) is 13.1 Å². The maximum Gasteiger partial charge on any atom is 0.309 e. The first-order valence-corrected chi connectivity index (χ1v) is 6.33. The molecule has 17 heavy (non-hydrogen) atoms. The molecule has 4 heteroatoms. The van der Waals surface area contributed by atoms with Gasteiger partial charge in [-0.05, 0) is 38.1 Å². The van der Waals surface area contributed by atoms with Gasteiger partial charge in [0.15, 0.2) is 0 Å². The lowest BCUT2D eigenvalue weighted by Gasteiger charge is -2.34. The van der Waals surface area contributed by atoms with Crippen LogP contribution in [0.3, 0.4) is 0 Å². The van der Waals surface area contributed by atoms with Gasteiger partial charge < -0.3 is 15.0 Å². The lowest BCUT2D eigenvalue weighted by Crippen LogP contribution is -2.36. The maximum atomic E-state index is 11.6. The number of carbonyl (C=O) groups is 1. The minimum atomic E-state index is -0.0259. The van der Waals surface area contributed by atoms with E-state index in [0.717, 1.165) is 32.5 Å². The molecule has 0 aromatic carbocycles. The van der Waals surface area contributed by atoms with E-state index in [-0.39, 0.29) is 11.9 Å². The van der Waals surface area contributed by atoms with E-state index in [2.05, 4.69) is 22.4 Å². The highest BCUT2D eigenvalue weighted by Gasteiger charge is 2.26. The normalized spacial score (nSPS) is 20.8. The summed E-state index contributed by atoms with van der Waals surface area (Å²) in [7, 11) is 0. The Morgan fingerprint density at radius 1 is 1.53 bits per heavy atom. The van der Waals surface area contributed by atoms with E-state index in [1.54, 1.807) is 0 Å². The fraction of sp³-hybridized carbons (Fsp3) is 0.615. The Kier molecular flexibility index (Phi) is 4.07. The Labute approximate surface area is 102 Å². The van der Waals surface area contributed by atoms with Crippen LogP contribution in [-0.4, -0.2) is 37.1 Å². The Balaban J connectivity index is 1.83. The highest BCUT2D eigenvalue weighted by Crippen LogP contribution is 2.22. The molecule has 0 aromatic heterocycles. The first-order chi connectivity index (χ1) is 8.31. The van der Waals surface area contributed by atoms with Crippen LogP contribution in [0.25, 0.3) is 0 Å². The van der Waals surface area contributed by atoms with Crippen LogP contribution in [0, 0.1) is 5.92 Å². The number of rotatable bonds is 3.